The van der Waals surface area contributed by atoms with E-state index >= 15 is 0 Å². The zero-order chi connectivity index (χ0) is 16.0. The quantitative estimate of drug-likeness (QED) is 0.781. The second kappa shape index (κ2) is 8.02. The highest BCUT2D eigenvalue weighted by atomic mass is 35.5. The van der Waals surface area contributed by atoms with E-state index in [1.54, 1.807) is 7.11 Å². The number of nitrogens with zero attached hydrogens (tertiary/aromatic N) is 1. The van der Waals surface area contributed by atoms with Crippen LogP contribution in [0.5, 0.6) is 5.75 Å². The van der Waals surface area contributed by atoms with Crippen molar-refractivity contribution in [3.05, 3.63) is 28.8 Å². The zero-order valence-corrected chi connectivity index (χ0v) is 14.9. The van der Waals surface area contributed by atoms with Crippen molar-refractivity contribution in [3.8, 4) is 5.75 Å². The molecule has 0 fully saturated rings. The number of hydrogen-bond donors (Lipinski definition) is 1. The Morgan fingerprint density at radius 2 is 1.86 bits per heavy atom. The van der Waals surface area contributed by atoms with Gasteiger partial charge in [-0.05, 0) is 51.2 Å². The van der Waals surface area contributed by atoms with Crippen molar-refractivity contribution in [3.63, 3.8) is 0 Å². The van der Waals surface area contributed by atoms with Gasteiger partial charge in [0.2, 0.25) is 0 Å². The lowest BCUT2D eigenvalue weighted by molar-refractivity contribution is 0.0888. The summed E-state index contributed by atoms with van der Waals surface area (Å²) >= 11 is 6.17. The molecule has 1 unspecified atom stereocenters. The average molecular weight is 313 g/mol. The minimum atomic E-state index is 0.0643. The lowest BCUT2D eigenvalue weighted by Crippen LogP contribution is -2.53. The molecule has 1 atom stereocenters. The summed E-state index contributed by atoms with van der Waals surface area (Å²) in [6.07, 6.45) is 2.14. The first kappa shape index (κ1) is 18.3. The van der Waals surface area contributed by atoms with Gasteiger partial charge in [-0.15, -0.1) is 0 Å². The smallest absolute Gasteiger partial charge is 0.137 e. The van der Waals surface area contributed by atoms with Crippen LogP contribution in [-0.2, 0) is 0 Å². The monoisotopic (exact) mass is 312 g/mol. The highest BCUT2D eigenvalue weighted by Gasteiger charge is 2.38. The summed E-state index contributed by atoms with van der Waals surface area (Å²) < 4.78 is 5.38. The van der Waals surface area contributed by atoms with Crippen LogP contribution >= 0.6 is 11.6 Å². The molecule has 0 aromatic heterocycles. The van der Waals surface area contributed by atoms with Gasteiger partial charge in [0.05, 0.1) is 18.2 Å². The van der Waals surface area contributed by atoms with Crippen LogP contribution in [0.4, 0.5) is 0 Å². The summed E-state index contributed by atoms with van der Waals surface area (Å²) in [6, 6.07) is 6.31. The molecule has 0 bridgehead atoms. The maximum absolute atomic E-state index is 6.17. The molecule has 0 aliphatic rings. The second-order valence-electron chi connectivity index (χ2n) is 5.59. The van der Waals surface area contributed by atoms with E-state index in [1.807, 2.05) is 6.07 Å². The van der Waals surface area contributed by atoms with Crippen molar-refractivity contribution in [1.29, 1.82) is 0 Å². The van der Waals surface area contributed by atoms with E-state index in [2.05, 4.69) is 57.2 Å². The van der Waals surface area contributed by atoms with Gasteiger partial charge in [-0.1, -0.05) is 38.4 Å². The summed E-state index contributed by atoms with van der Waals surface area (Å²) in [5.41, 5.74) is 1.28. The van der Waals surface area contributed by atoms with Crippen molar-refractivity contribution in [2.75, 3.05) is 27.7 Å². The van der Waals surface area contributed by atoms with Gasteiger partial charge in [-0.25, -0.2) is 0 Å². The number of rotatable bonds is 8. The van der Waals surface area contributed by atoms with E-state index < -0.39 is 0 Å². The Morgan fingerprint density at radius 1 is 1.24 bits per heavy atom. The van der Waals surface area contributed by atoms with Gasteiger partial charge in [-0.3, -0.25) is 0 Å². The summed E-state index contributed by atoms with van der Waals surface area (Å²) in [5.74, 6) is 0.733. The Balaban J connectivity index is 3.33. The van der Waals surface area contributed by atoms with Crippen LogP contribution in [0, 0.1) is 0 Å². The van der Waals surface area contributed by atoms with Crippen LogP contribution in [0.15, 0.2) is 18.2 Å². The second-order valence-corrected chi connectivity index (χ2v) is 6.00. The molecule has 0 saturated carbocycles. The molecule has 1 aromatic carbocycles. The summed E-state index contributed by atoms with van der Waals surface area (Å²) in [7, 11) is 5.97. The lowest BCUT2D eigenvalue weighted by atomic mass is 9.79. The normalized spacial score (nSPS) is 13.5. The highest BCUT2D eigenvalue weighted by Crippen LogP contribution is 2.38. The van der Waals surface area contributed by atoms with Crippen molar-refractivity contribution in [1.82, 2.24) is 10.2 Å². The number of methoxy groups -OCH3 is 1. The number of halogens is 1. The molecule has 1 rings (SSSR count). The maximum Gasteiger partial charge on any atom is 0.137 e. The Hall–Kier alpha value is -0.770. The summed E-state index contributed by atoms with van der Waals surface area (Å²) in [5, 5.41) is 4.31. The standard InChI is InChI=1S/C17H29ClN2O/c1-7-17(8-2,20(4)5)16(19-9-3)13-10-11-14(18)15(12-13)21-6/h10-12,16,19H,7-9H2,1-6H3. The zero-order valence-electron chi connectivity index (χ0n) is 14.2. The number of benzene rings is 1. The van der Waals surface area contributed by atoms with Crippen molar-refractivity contribution in [2.45, 2.75) is 45.2 Å². The molecule has 21 heavy (non-hydrogen) atoms. The fourth-order valence-electron chi connectivity index (χ4n) is 3.23. The van der Waals surface area contributed by atoms with E-state index in [0.29, 0.717) is 5.02 Å². The highest BCUT2D eigenvalue weighted by molar-refractivity contribution is 6.32. The molecule has 3 nitrogen and oxygen atoms in total. The van der Waals surface area contributed by atoms with E-state index in [0.717, 1.165) is 25.1 Å². The van der Waals surface area contributed by atoms with E-state index in [1.165, 1.54) is 5.56 Å². The lowest BCUT2D eigenvalue weighted by Gasteiger charge is -2.46. The van der Waals surface area contributed by atoms with Gasteiger partial charge < -0.3 is 15.0 Å². The minimum absolute atomic E-state index is 0.0643. The largest absolute Gasteiger partial charge is 0.495 e. The van der Waals surface area contributed by atoms with Crippen molar-refractivity contribution < 1.29 is 4.74 Å². The summed E-state index contributed by atoms with van der Waals surface area (Å²) in [4.78, 5) is 2.33. The fourth-order valence-corrected chi connectivity index (χ4v) is 3.42. The third-order valence-electron chi connectivity index (χ3n) is 4.57. The van der Waals surface area contributed by atoms with Gasteiger partial charge >= 0.3 is 0 Å². The first-order chi connectivity index (χ1) is 9.96. The molecule has 0 aliphatic heterocycles. The van der Waals surface area contributed by atoms with Crippen LogP contribution in [0.2, 0.25) is 5.02 Å². The van der Waals surface area contributed by atoms with E-state index in [9.17, 15) is 0 Å². The molecule has 0 amide bonds. The third kappa shape index (κ3) is 3.71. The van der Waals surface area contributed by atoms with Crippen molar-refractivity contribution >= 4 is 11.6 Å². The van der Waals surface area contributed by atoms with Crippen LogP contribution in [0.3, 0.4) is 0 Å². The van der Waals surface area contributed by atoms with Gasteiger partial charge in [-0.2, -0.15) is 0 Å². The molecule has 1 N–H and O–H groups in total. The molecular weight excluding hydrogens is 284 g/mol. The first-order valence-corrected chi connectivity index (χ1v) is 8.08. The third-order valence-corrected chi connectivity index (χ3v) is 4.88. The molecule has 120 valence electrons. The van der Waals surface area contributed by atoms with Crippen LogP contribution < -0.4 is 10.1 Å². The molecule has 0 radical (unpaired) electrons. The van der Waals surface area contributed by atoms with Gasteiger partial charge in [0.25, 0.3) is 0 Å². The summed E-state index contributed by atoms with van der Waals surface area (Å²) in [6.45, 7) is 7.57. The fraction of sp³-hybridized carbons (Fsp3) is 0.647. The van der Waals surface area contributed by atoms with E-state index in [4.69, 9.17) is 16.3 Å². The predicted molar refractivity (Wildman–Crippen MR) is 91.4 cm³/mol. The van der Waals surface area contributed by atoms with Crippen molar-refractivity contribution in [2.24, 2.45) is 0 Å². The predicted octanol–water partition coefficient (Wildman–Crippen LogP) is 4.12. The Kier molecular flexibility index (Phi) is 6.98. The van der Waals surface area contributed by atoms with Gasteiger partial charge in [0.15, 0.2) is 0 Å². The number of hydrogen-bond acceptors (Lipinski definition) is 3. The van der Waals surface area contributed by atoms with Gasteiger partial charge in [0.1, 0.15) is 5.75 Å². The SMILES string of the molecule is CCNC(c1ccc(Cl)c(OC)c1)C(CC)(CC)N(C)C. The molecule has 1 aromatic rings. The van der Waals surface area contributed by atoms with Crippen LogP contribution in [0.25, 0.3) is 0 Å². The Morgan fingerprint density at radius 3 is 2.29 bits per heavy atom. The maximum atomic E-state index is 6.17. The molecule has 4 heteroatoms. The Bertz CT molecular complexity index is 444. The molecule has 0 heterocycles. The molecular formula is C17H29ClN2O. The minimum Gasteiger partial charge on any atom is -0.495 e. The number of nitrogens with one attached hydrogen (secondary N) is 1. The first-order valence-electron chi connectivity index (χ1n) is 7.71. The number of ether oxygens (including phenoxy) is 1. The topological polar surface area (TPSA) is 24.5 Å². The van der Waals surface area contributed by atoms with Crippen LogP contribution in [0.1, 0.15) is 45.2 Å². The average Bonchev–Trinajstić information content (AvgIpc) is 2.48. The van der Waals surface area contributed by atoms with E-state index in [-0.39, 0.29) is 11.6 Å². The Labute approximate surface area is 134 Å². The molecule has 0 aliphatic carbocycles. The van der Waals surface area contributed by atoms with Crippen LogP contribution in [-0.4, -0.2) is 38.2 Å². The number of likely N-dealkylation sites (N-methyl/N-ethyl adjacent to an activating group) is 2. The molecule has 0 saturated heterocycles. The van der Waals surface area contributed by atoms with Gasteiger partial charge in [0, 0.05) is 5.54 Å². The molecule has 0 spiro atoms.